The average Bonchev–Trinajstić information content (AvgIpc) is 2.72. The second-order valence-corrected chi connectivity index (χ2v) is 4.43. The number of aryl methyl sites for hydroxylation is 1. The molecule has 1 aliphatic heterocycles. The van der Waals surface area contributed by atoms with E-state index in [9.17, 15) is 0 Å². The fourth-order valence-corrected chi connectivity index (χ4v) is 2.07. The van der Waals surface area contributed by atoms with Crippen LogP contribution in [0.1, 0.15) is 31.4 Å². The second-order valence-electron chi connectivity index (χ2n) is 4.43. The van der Waals surface area contributed by atoms with Gasteiger partial charge in [-0.3, -0.25) is 4.68 Å². The molecule has 0 aromatic carbocycles. The highest BCUT2D eigenvalue weighted by Crippen LogP contribution is 2.14. The summed E-state index contributed by atoms with van der Waals surface area (Å²) in [5, 5.41) is 7.72. The lowest BCUT2D eigenvalue weighted by molar-refractivity contribution is 0.0115. The van der Waals surface area contributed by atoms with E-state index >= 15 is 0 Å². The van der Waals surface area contributed by atoms with Crippen LogP contribution in [0.3, 0.4) is 0 Å². The molecule has 1 saturated heterocycles. The van der Waals surface area contributed by atoms with Gasteiger partial charge in [0, 0.05) is 26.4 Å². The van der Waals surface area contributed by atoms with Crippen LogP contribution in [0.5, 0.6) is 0 Å². The number of nitrogens with zero attached hydrogens (tertiary/aromatic N) is 2. The van der Waals surface area contributed by atoms with Gasteiger partial charge in [0.05, 0.1) is 11.8 Å². The number of rotatable bonds is 5. The average molecular weight is 223 g/mol. The Hall–Kier alpha value is -0.870. The molecule has 0 amide bonds. The lowest BCUT2D eigenvalue weighted by atomic mass is 10.1. The Balaban J connectivity index is 1.57. The summed E-state index contributed by atoms with van der Waals surface area (Å²) in [6.45, 7) is 2.82. The summed E-state index contributed by atoms with van der Waals surface area (Å²) >= 11 is 0. The molecule has 4 nitrogen and oxygen atoms in total. The van der Waals surface area contributed by atoms with Crippen LogP contribution in [0.2, 0.25) is 0 Å². The van der Waals surface area contributed by atoms with E-state index in [1.807, 2.05) is 24.0 Å². The van der Waals surface area contributed by atoms with Crippen LogP contribution in [0, 0.1) is 0 Å². The Bertz CT molecular complexity index is 305. The highest BCUT2D eigenvalue weighted by molar-refractivity contribution is 4.97. The molecule has 0 radical (unpaired) electrons. The molecule has 1 unspecified atom stereocenters. The van der Waals surface area contributed by atoms with Crippen LogP contribution in [0.25, 0.3) is 0 Å². The molecule has 0 saturated carbocycles. The molecule has 1 fully saturated rings. The van der Waals surface area contributed by atoms with Gasteiger partial charge >= 0.3 is 0 Å². The normalized spacial score (nSPS) is 21.2. The lowest BCUT2D eigenvalue weighted by Gasteiger charge is -2.22. The molecular formula is C12H21N3O. The van der Waals surface area contributed by atoms with Crippen molar-refractivity contribution < 1.29 is 4.74 Å². The number of aromatic nitrogens is 2. The van der Waals surface area contributed by atoms with Gasteiger partial charge in [-0.1, -0.05) is 0 Å². The molecule has 1 atom stereocenters. The van der Waals surface area contributed by atoms with Crippen LogP contribution in [-0.4, -0.2) is 29.0 Å². The summed E-state index contributed by atoms with van der Waals surface area (Å²) in [7, 11) is 1.94. The topological polar surface area (TPSA) is 39.1 Å². The Labute approximate surface area is 97.0 Å². The molecule has 90 valence electrons. The van der Waals surface area contributed by atoms with E-state index in [0.29, 0.717) is 6.10 Å². The van der Waals surface area contributed by atoms with E-state index in [-0.39, 0.29) is 0 Å². The maximum absolute atomic E-state index is 5.67. The molecule has 1 aliphatic rings. The molecule has 1 N–H and O–H groups in total. The lowest BCUT2D eigenvalue weighted by Crippen LogP contribution is -2.25. The highest BCUT2D eigenvalue weighted by atomic mass is 16.5. The standard InChI is InChI=1S/C12H21N3O/c1-15-8-6-11(14-15)10-13-7-5-12-4-2-3-9-16-12/h6,8,12-13H,2-5,7,9-10H2,1H3. The van der Waals surface area contributed by atoms with E-state index < -0.39 is 0 Å². The van der Waals surface area contributed by atoms with Crippen LogP contribution in [-0.2, 0) is 18.3 Å². The quantitative estimate of drug-likeness (QED) is 0.768. The first-order chi connectivity index (χ1) is 7.84. The van der Waals surface area contributed by atoms with Crippen molar-refractivity contribution in [2.24, 2.45) is 7.05 Å². The molecule has 16 heavy (non-hydrogen) atoms. The Morgan fingerprint density at radius 1 is 1.56 bits per heavy atom. The van der Waals surface area contributed by atoms with Crippen LogP contribution >= 0.6 is 0 Å². The van der Waals surface area contributed by atoms with Crippen molar-refractivity contribution in [2.45, 2.75) is 38.3 Å². The van der Waals surface area contributed by atoms with E-state index in [4.69, 9.17) is 4.74 Å². The molecule has 0 spiro atoms. The first-order valence-corrected chi connectivity index (χ1v) is 6.15. The molecule has 1 aromatic rings. The third-order valence-electron chi connectivity index (χ3n) is 2.99. The predicted octanol–water partition coefficient (Wildman–Crippen LogP) is 1.47. The van der Waals surface area contributed by atoms with Crippen LogP contribution < -0.4 is 5.32 Å². The van der Waals surface area contributed by atoms with Gasteiger partial charge in [-0.15, -0.1) is 0 Å². The summed E-state index contributed by atoms with van der Waals surface area (Å²) in [4.78, 5) is 0. The second kappa shape index (κ2) is 6.01. The van der Waals surface area contributed by atoms with Crippen molar-refractivity contribution in [2.75, 3.05) is 13.2 Å². The fourth-order valence-electron chi connectivity index (χ4n) is 2.07. The SMILES string of the molecule is Cn1ccc(CNCCC2CCCCO2)n1. The fraction of sp³-hybridized carbons (Fsp3) is 0.750. The summed E-state index contributed by atoms with van der Waals surface area (Å²) in [6, 6.07) is 2.05. The van der Waals surface area contributed by atoms with Crippen molar-refractivity contribution in [1.29, 1.82) is 0 Å². The minimum atomic E-state index is 0.477. The van der Waals surface area contributed by atoms with Gasteiger partial charge in [-0.05, 0) is 38.3 Å². The summed E-state index contributed by atoms with van der Waals surface area (Å²) in [6.07, 6.45) is 7.35. The molecule has 0 bridgehead atoms. The summed E-state index contributed by atoms with van der Waals surface area (Å²) in [5.41, 5.74) is 1.10. The molecule has 4 heteroatoms. The monoisotopic (exact) mass is 223 g/mol. The zero-order valence-corrected chi connectivity index (χ0v) is 9.98. The van der Waals surface area contributed by atoms with Crippen molar-refractivity contribution in [3.05, 3.63) is 18.0 Å². The largest absolute Gasteiger partial charge is 0.378 e. The van der Waals surface area contributed by atoms with Crippen molar-refractivity contribution >= 4 is 0 Å². The number of hydrogen-bond acceptors (Lipinski definition) is 3. The van der Waals surface area contributed by atoms with Gasteiger partial charge in [0.15, 0.2) is 0 Å². The number of ether oxygens (including phenoxy) is 1. The minimum absolute atomic E-state index is 0.477. The minimum Gasteiger partial charge on any atom is -0.378 e. The van der Waals surface area contributed by atoms with Crippen molar-refractivity contribution in [1.82, 2.24) is 15.1 Å². The molecule has 0 aliphatic carbocycles. The Morgan fingerprint density at radius 2 is 2.50 bits per heavy atom. The van der Waals surface area contributed by atoms with Gasteiger partial charge in [0.25, 0.3) is 0 Å². The van der Waals surface area contributed by atoms with E-state index in [1.165, 1.54) is 19.3 Å². The molecule has 1 aromatic heterocycles. The highest BCUT2D eigenvalue weighted by Gasteiger charge is 2.12. The van der Waals surface area contributed by atoms with E-state index in [1.54, 1.807) is 0 Å². The van der Waals surface area contributed by atoms with Gasteiger partial charge < -0.3 is 10.1 Å². The van der Waals surface area contributed by atoms with Gasteiger partial charge in [0.2, 0.25) is 0 Å². The Morgan fingerprint density at radius 3 is 3.19 bits per heavy atom. The summed E-state index contributed by atoms with van der Waals surface area (Å²) < 4.78 is 7.51. The van der Waals surface area contributed by atoms with Crippen molar-refractivity contribution in [3.8, 4) is 0 Å². The van der Waals surface area contributed by atoms with Gasteiger partial charge in [0.1, 0.15) is 0 Å². The summed E-state index contributed by atoms with van der Waals surface area (Å²) in [5.74, 6) is 0. The molecule has 2 rings (SSSR count). The predicted molar refractivity (Wildman–Crippen MR) is 63.1 cm³/mol. The zero-order chi connectivity index (χ0) is 11.2. The smallest absolute Gasteiger partial charge is 0.0762 e. The maximum Gasteiger partial charge on any atom is 0.0762 e. The molecule has 2 heterocycles. The first-order valence-electron chi connectivity index (χ1n) is 6.15. The third-order valence-corrected chi connectivity index (χ3v) is 2.99. The van der Waals surface area contributed by atoms with Gasteiger partial charge in [-0.25, -0.2) is 0 Å². The Kier molecular flexibility index (Phi) is 4.36. The number of nitrogens with one attached hydrogen (secondary N) is 1. The van der Waals surface area contributed by atoms with E-state index in [0.717, 1.165) is 31.8 Å². The molecular weight excluding hydrogens is 202 g/mol. The first kappa shape index (κ1) is 11.6. The van der Waals surface area contributed by atoms with Crippen molar-refractivity contribution in [3.63, 3.8) is 0 Å². The maximum atomic E-state index is 5.67. The van der Waals surface area contributed by atoms with E-state index in [2.05, 4.69) is 10.4 Å². The zero-order valence-electron chi connectivity index (χ0n) is 9.98. The number of hydrogen-bond donors (Lipinski definition) is 1. The van der Waals surface area contributed by atoms with Crippen LogP contribution in [0.4, 0.5) is 0 Å². The van der Waals surface area contributed by atoms with Gasteiger partial charge in [-0.2, -0.15) is 5.10 Å². The third kappa shape index (κ3) is 3.61. The van der Waals surface area contributed by atoms with Crippen LogP contribution in [0.15, 0.2) is 12.3 Å².